The molecule has 0 saturated carbocycles. The van der Waals surface area contributed by atoms with Crippen molar-refractivity contribution >= 4 is 39.8 Å². The minimum atomic E-state index is 0.240. The molecule has 0 unspecified atom stereocenters. The highest BCUT2D eigenvalue weighted by molar-refractivity contribution is 6.35. The number of halogens is 2. The Kier molecular flexibility index (Phi) is 4.85. The number of aliphatic imine (C=N–C) groups is 1. The quantitative estimate of drug-likeness (QED) is 0.577. The van der Waals surface area contributed by atoms with Gasteiger partial charge in [0.05, 0.1) is 22.3 Å². The van der Waals surface area contributed by atoms with Crippen LogP contribution < -0.4 is 4.74 Å². The van der Waals surface area contributed by atoms with E-state index < -0.39 is 0 Å². The van der Waals surface area contributed by atoms with E-state index in [1.54, 1.807) is 12.4 Å². The molecule has 0 bridgehead atoms. The Balaban J connectivity index is 1.77. The van der Waals surface area contributed by atoms with Crippen molar-refractivity contribution in [1.29, 1.82) is 0 Å². The van der Waals surface area contributed by atoms with E-state index in [-0.39, 0.29) is 6.61 Å². The first kappa shape index (κ1) is 18.0. The van der Waals surface area contributed by atoms with Crippen LogP contribution in [0.1, 0.15) is 23.7 Å². The molecule has 0 spiro atoms. The molecule has 0 aliphatic carbocycles. The van der Waals surface area contributed by atoms with Gasteiger partial charge >= 0.3 is 0 Å². The van der Waals surface area contributed by atoms with Crippen LogP contribution in [0.25, 0.3) is 10.9 Å². The fourth-order valence-corrected chi connectivity index (χ4v) is 3.66. The Bertz CT molecular complexity index is 1090. The van der Waals surface area contributed by atoms with Crippen molar-refractivity contribution in [3.05, 3.63) is 75.2 Å². The lowest BCUT2D eigenvalue weighted by Gasteiger charge is -2.14. The van der Waals surface area contributed by atoms with Crippen LogP contribution in [0.15, 0.2) is 53.3 Å². The molecule has 6 heteroatoms. The van der Waals surface area contributed by atoms with Gasteiger partial charge in [0, 0.05) is 34.6 Å². The summed E-state index contributed by atoms with van der Waals surface area (Å²) in [7, 11) is 0. The highest BCUT2D eigenvalue weighted by Gasteiger charge is 2.17. The zero-order valence-corrected chi connectivity index (χ0v) is 16.5. The lowest BCUT2D eigenvalue weighted by molar-refractivity contribution is 0.309. The SMILES string of the molecule is CC1=CCN=C1c1cc(C)nc2c(OCc3c(Cl)cncc3Cl)cccc12. The van der Waals surface area contributed by atoms with Crippen molar-refractivity contribution in [2.45, 2.75) is 20.5 Å². The molecule has 1 aromatic carbocycles. The highest BCUT2D eigenvalue weighted by atomic mass is 35.5. The van der Waals surface area contributed by atoms with Crippen molar-refractivity contribution in [3.8, 4) is 5.75 Å². The van der Waals surface area contributed by atoms with Gasteiger partial charge < -0.3 is 4.74 Å². The van der Waals surface area contributed by atoms with Crippen molar-refractivity contribution in [2.75, 3.05) is 6.54 Å². The van der Waals surface area contributed by atoms with E-state index in [0.717, 1.165) is 34.4 Å². The molecule has 3 heterocycles. The maximum Gasteiger partial charge on any atom is 0.146 e. The van der Waals surface area contributed by atoms with Crippen LogP contribution in [0.5, 0.6) is 5.75 Å². The van der Waals surface area contributed by atoms with Gasteiger partial charge in [-0.25, -0.2) is 4.98 Å². The van der Waals surface area contributed by atoms with Crippen LogP contribution >= 0.6 is 23.2 Å². The summed E-state index contributed by atoms with van der Waals surface area (Å²) in [6.07, 6.45) is 5.25. The summed E-state index contributed by atoms with van der Waals surface area (Å²) in [4.78, 5) is 13.3. The van der Waals surface area contributed by atoms with Gasteiger partial charge in [-0.05, 0) is 31.6 Å². The van der Waals surface area contributed by atoms with Gasteiger partial charge in [0.25, 0.3) is 0 Å². The van der Waals surface area contributed by atoms with E-state index in [1.807, 2.05) is 25.1 Å². The summed E-state index contributed by atoms with van der Waals surface area (Å²) in [5.41, 5.74) is 5.70. The normalized spacial score (nSPS) is 13.6. The van der Waals surface area contributed by atoms with Crippen molar-refractivity contribution in [2.24, 2.45) is 4.99 Å². The number of fused-ring (bicyclic) bond motifs is 1. The monoisotopic (exact) mass is 397 g/mol. The molecule has 0 fully saturated rings. The zero-order chi connectivity index (χ0) is 19.0. The lowest BCUT2D eigenvalue weighted by atomic mass is 9.99. The van der Waals surface area contributed by atoms with Gasteiger partial charge in [0.1, 0.15) is 17.9 Å². The first-order chi connectivity index (χ1) is 13.0. The van der Waals surface area contributed by atoms with E-state index in [1.165, 1.54) is 5.57 Å². The van der Waals surface area contributed by atoms with Crippen LogP contribution in [-0.2, 0) is 6.61 Å². The second kappa shape index (κ2) is 7.29. The van der Waals surface area contributed by atoms with Crippen LogP contribution in [0.3, 0.4) is 0 Å². The van der Waals surface area contributed by atoms with Crippen LogP contribution in [0.2, 0.25) is 10.0 Å². The van der Waals surface area contributed by atoms with Gasteiger partial charge in [0.15, 0.2) is 0 Å². The lowest BCUT2D eigenvalue weighted by Crippen LogP contribution is -2.04. The first-order valence-electron chi connectivity index (χ1n) is 8.57. The molecule has 0 N–H and O–H groups in total. The van der Waals surface area contributed by atoms with E-state index in [2.05, 4.69) is 29.0 Å². The average Bonchev–Trinajstić information content (AvgIpc) is 3.06. The number of nitrogens with zero attached hydrogens (tertiary/aromatic N) is 3. The maximum absolute atomic E-state index is 6.20. The van der Waals surface area contributed by atoms with Gasteiger partial charge in [0.2, 0.25) is 0 Å². The third kappa shape index (κ3) is 3.43. The molecular formula is C21H17Cl2N3O. The number of hydrogen-bond donors (Lipinski definition) is 0. The van der Waals surface area contributed by atoms with E-state index in [0.29, 0.717) is 21.4 Å². The molecule has 4 rings (SSSR count). The molecule has 136 valence electrons. The topological polar surface area (TPSA) is 47.4 Å². The summed E-state index contributed by atoms with van der Waals surface area (Å²) in [6, 6.07) is 7.98. The predicted molar refractivity (Wildman–Crippen MR) is 110 cm³/mol. The number of hydrogen-bond acceptors (Lipinski definition) is 4. The highest BCUT2D eigenvalue weighted by Crippen LogP contribution is 2.31. The maximum atomic E-state index is 6.20. The fraction of sp³-hybridized carbons (Fsp3) is 0.190. The zero-order valence-electron chi connectivity index (χ0n) is 15.0. The number of allylic oxidation sites excluding steroid dienone is 1. The largest absolute Gasteiger partial charge is 0.487 e. The number of pyridine rings is 2. The summed E-state index contributed by atoms with van der Waals surface area (Å²) in [5, 5.41) is 1.97. The summed E-state index contributed by atoms with van der Waals surface area (Å²) < 4.78 is 6.05. The van der Waals surface area contributed by atoms with Crippen LogP contribution in [0.4, 0.5) is 0 Å². The Morgan fingerprint density at radius 2 is 1.89 bits per heavy atom. The van der Waals surface area contributed by atoms with Crippen LogP contribution in [0, 0.1) is 6.92 Å². The number of benzene rings is 1. The second-order valence-electron chi connectivity index (χ2n) is 6.41. The van der Waals surface area contributed by atoms with Crippen molar-refractivity contribution in [1.82, 2.24) is 9.97 Å². The van der Waals surface area contributed by atoms with E-state index in [9.17, 15) is 0 Å². The molecule has 1 aliphatic heterocycles. The summed E-state index contributed by atoms with van der Waals surface area (Å²) in [5.74, 6) is 0.682. The van der Waals surface area contributed by atoms with Crippen molar-refractivity contribution in [3.63, 3.8) is 0 Å². The van der Waals surface area contributed by atoms with E-state index >= 15 is 0 Å². The number of aryl methyl sites for hydroxylation is 1. The molecule has 0 radical (unpaired) electrons. The molecule has 27 heavy (non-hydrogen) atoms. The van der Waals surface area contributed by atoms with Gasteiger partial charge in [-0.3, -0.25) is 9.98 Å². The van der Waals surface area contributed by atoms with E-state index in [4.69, 9.17) is 32.9 Å². The smallest absolute Gasteiger partial charge is 0.146 e. The Hall–Kier alpha value is -2.43. The average molecular weight is 398 g/mol. The Labute approximate surface area is 167 Å². The Morgan fingerprint density at radius 3 is 2.59 bits per heavy atom. The second-order valence-corrected chi connectivity index (χ2v) is 7.22. The number of para-hydroxylation sites is 1. The van der Waals surface area contributed by atoms with Crippen molar-refractivity contribution < 1.29 is 4.74 Å². The summed E-state index contributed by atoms with van der Waals surface area (Å²) >= 11 is 12.4. The molecular weight excluding hydrogens is 381 g/mol. The standard InChI is InChI=1S/C21H17Cl2N3O/c1-12-6-7-25-20(12)15-8-13(2)26-21-14(15)4-3-5-19(21)27-11-16-17(22)9-24-10-18(16)23/h3-6,8-10H,7,11H2,1-2H3. The minimum Gasteiger partial charge on any atom is -0.487 e. The minimum absolute atomic E-state index is 0.240. The fourth-order valence-electron chi connectivity index (χ4n) is 3.18. The third-order valence-corrected chi connectivity index (χ3v) is 5.18. The predicted octanol–water partition coefficient (Wildman–Crippen LogP) is 5.57. The number of rotatable bonds is 4. The molecule has 4 nitrogen and oxygen atoms in total. The first-order valence-corrected chi connectivity index (χ1v) is 9.33. The Morgan fingerprint density at radius 1 is 1.11 bits per heavy atom. The molecule has 0 amide bonds. The number of ether oxygens (including phenoxy) is 1. The molecule has 0 atom stereocenters. The molecule has 0 saturated heterocycles. The van der Waals surface area contributed by atoms with Gasteiger partial charge in [-0.2, -0.15) is 0 Å². The van der Waals surface area contributed by atoms with Gasteiger partial charge in [-0.1, -0.05) is 41.4 Å². The molecule has 2 aromatic heterocycles. The van der Waals surface area contributed by atoms with Crippen LogP contribution in [-0.4, -0.2) is 22.2 Å². The molecule has 1 aliphatic rings. The molecule has 3 aromatic rings. The number of aromatic nitrogens is 2. The third-order valence-electron chi connectivity index (χ3n) is 4.53. The summed E-state index contributed by atoms with van der Waals surface area (Å²) in [6.45, 7) is 5.02. The van der Waals surface area contributed by atoms with Gasteiger partial charge in [-0.15, -0.1) is 0 Å².